The number of rotatable bonds is 5. The fourth-order valence-electron chi connectivity index (χ4n) is 4.12. The van der Waals surface area contributed by atoms with Crippen LogP contribution >= 0.6 is 11.3 Å². The number of nitrogens with one attached hydrogen (secondary N) is 1. The first kappa shape index (κ1) is 22.1. The molecule has 5 rings (SSSR count). The molecule has 0 spiro atoms. The maximum atomic E-state index is 14.1. The van der Waals surface area contributed by atoms with Crippen molar-refractivity contribution in [1.82, 2.24) is 14.5 Å². The van der Waals surface area contributed by atoms with Crippen molar-refractivity contribution >= 4 is 33.3 Å². The summed E-state index contributed by atoms with van der Waals surface area (Å²) in [6.45, 7) is 3.52. The Hall–Kier alpha value is -3.72. The van der Waals surface area contributed by atoms with E-state index in [2.05, 4.69) is 10.3 Å². The molecular formula is C25H23FN4O3S. The zero-order chi connectivity index (χ0) is 23.7. The highest BCUT2D eigenvalue weighted by atomic mass is 32.1. The number of fused-ring (bicyclic) bond motifs is 3. The summed E-state index contributed by atoms with van der Waals surface area (Å²) in [6, 6.07) is 13.5. The van der Waals surface area contributed by atoms with Gasteiger partial charge >= 0.3 is 6.03 Å². The Morgan fingerprint density at radius 1 is 1.21 bits per heavy atom. The molecule has 4 aromatic rings. The van der Waals surface area contributed by atoms with Crippen LogP contribution in [-0.4, -0.2) is 33.6 Å². The van der Waals surface area contributed by atoms with Crippen molar-refractivity contribution < 1.29 is 13.9 Å². The van der Waals surface area contributed by atoms with E-state index in [9.17, 15) is 14.0 Å². The summed E-state index contributed by atoms with van der Waals surface area (Å²) < 4.78 is 21.0. The number of carbonyl (C=O) groups excluding carboxylic acids is 1. The van der Waals surface area contributed by atoms with Crippen LogP contribution < -0.4 is 15.6 Å². The lowest BCUT2D eigenvalue weighted by molar-refractivity contribution is 0.207. The number of aromatic nitrogens is 2. The predicted octanol–water partition coefficient (Wildman–Crippen LogP) is 4.63. The Bertz CT molecular complexity index is 1410. The maximum absolute atomic E-state index is 14.1. The Morgan fingerprint density at radius 3 is 2.76 bits per heavy atom. The lowest BCUT2D eigenvalue weighted by atomic mass is 10.1. The highest BCUT2D eigenvalue weighted by Gasteiger charge is 2.26. The van der Waals surface area contributed by atoms with Crippen LogP contribution in [-0.2, 0) is 19.5 Å². The second kappa shape index (κ2) is 9.26. The molecule has 9 heteroatoms. The van der Waals surface area contributed by atoms with Gasteiger partial charge < -0.3 is 15.0 Å². The lowest BCUT2D eigenvalue weighted by Crippen LogP contribution is -2.38. The van der Waals surface area contributed by atoms with Gasteiger partial charge in [0, 0.05) is 22.7 Å². The molecule has 0 radical (unpaired) electrons. The summed E-state index contributed by atoms with van der Waals surface area (Å²) >= 11 is 1.43. The zero-order valence-electron chi connectivity index (χ0n) is 18.6. The van der Waals surface area contributed by atoms with Gasteiger partial charge in [0.25, 0.3) is 5.56 Å². The summed E-state index contributed by atoms with van der Waals surface area (Å²) in [5, 5.41) is 3.49. The minimum absolute atomic E-state index is 0.121. The van der Waals surface area contributed by atoms with E-state index in [1.165, 1.54) is 28.3 Å². The number of hydrogen-bond acceptors (Lipinski definition) is 5. The molecule has 2 aromatic heterocycles. The Balaban J connectivity index is 1.35. The second-order valence-electron chi connectivity index (χ2n) is 8.01. The molecule has 0 saturated heterocycles. The molecule has 7 nitrogen and oxygen atoms in total. The molecule has 1 aliphatic rings. The van der Waals surface area contributed by atoms with Crippen LogP contribution in [0.25, 0.3) is 10.2 Å². The molecule has 34 heavy (non-hydrogen) atoms. The van der Waals surface area contributed by atoms with Crippen LogP contribution in [0.2, 0.25) is 0 Å². The molecule has 0 bridgehead atoms. The van der Waals surface area contributed by atoms with Crippen LogP contribution in [0.4, 0.5) is 14.9 Å². The molecule has 0 unspecified atom stereocenters. The Morgan fingerprint density at radius 2 is 2.00 bits per heavy atom. The van der Waals surface area contributed by atoms with E-state index in [1.54, 1.807) is 35.2 Å². The Kier molecular flexibility index (Phi) is 6.02. The third-order valence-corrected chi connectivity index (χ3v) is 6.95. The number of ether oxygens (including phenoxy) is 1. The zero-order valence-corrected chi connectivity index (χ0v) is 19.4. The molecule has 2 amide bonds. The van der Waals surface area contributed by atoms with E-state index < -0.39 is 0 Å². The molecular weight excluding hydrogens is 455 g/mol. The third kappa shape index (κ3) is 4.26. The van der Waals surface area contributed by atoms with E-state index >= 15 is 0 Å². The molecule has 0 saturated carbocycles. The van der Waals surface area contributed by atoms with Gasteiger partial charge in [-0.2, -0.15) is 0 Å². The average molecular weight is 479 g/mol. The number of benzene rings is 2. The molecule has 1 aliphatic heterocycles. The smallest absolute Gasteiger partial charge is 0.322 e. The van der Waals surface area contributed by atoms with Crippen molar-refractivity contribution in [3.8, 4) is 5.75 Å². The third-order valence-electron chi connectivity index (χ3n) is 5.83. The first-order chi connectivity index (χ1) is 16.5. The van der Waals surface area contributed by atoms with Crippen molar-refractivity contribution in [1.29, 1.82) is 0 Å². The molecule has 1 N–H and O–H groups in total. The van der Waals surface area contributed by atoms with Crippen LogP contribution in [0.15, 0.2) is 59.7 Å². The van der Waals surface area contributed by atoms with E-state index in [0.717, 1.165) is 16.2 Å². The van der Waals surface area contributed by atoms with E-state index in [1.807, 2.05) is 19.1 Å². The van der Waals surface area contributed by atoms with Crippen LogP contribution in [0.3, 0.4) is 0 Å². The molecule has 174 valence electrons. The van der Waals surface area contributed by atoms with Crippen molar-refractivity contribution in [2.45, 2.75) is 26.4 Å². The van der Waals surface area contributed by atoms with Gasteiger partial charge in [-0.25, -0.2) is 14.2 Å². The largest absolute Gasteiger partial charge is 0.494 e. The van der Waals surface area contributed by atoms with Gasteiger partial charge in [-0.1, -0.05) is 18.2 Å². The van der Waals surface area contributed by atoms with Crippen molar-refractivity contribution in [2.24, 2.45) is 0 Å². The van der Waals surface area contributed by atoms with Gasteiger partial charge in [-0.3, -0.25) is 9.36 Å². The van der Waals surface area contributed by atoms with Gasteiger partial charge in [-0.15, -0.1) is 11.3 Å². The SMILES string of the molecule is CCOc1ccc(NC(=O)N2CCc3c(sc4ncn(Cc5ccccc5F)c(=O)c34)C2)cc1. The van der Waals surface area contributed by atoms with Crippen molar-refractivity contribution in [2.75, 3.05) is 18.5 Å². The minimum Gasteiger partial charge on any atom is -0.494 e. The van der Waals surface area contributed by atoms with Crippen molar-refractivity contribution in [3.05, 3.63) is 87.0 Å². The lowest BCUT2D eigenvalue weighted by Gasteiger charge is -2.27. The first-order valence-corrected chi connectivity index (χ1v) is 11.9. The van der Waals surface area contributed by atoms with E-state index in [-0.39, 0.29) is 24.0 Å². The summed E-state index contributed by atoms with van der Waals surface area (Å²) in [7, 11) is 0. The molecule has 3 heterocycles. The van der Waals surface area contributed by atoms with Gasteiger partial charge in [0.1, 0.15) is 16.4 Å². The van der Waals surface area contributed by atoms with Gasteiger partial charge in [0.15, 0.2) is 0 Å². The number of thiophene rings is 1. The molecule has 2 aromatic carbocycles. The summed E-state index contributed by atoms with van der Waals surface area (Å²) in [5.74, 6) is 0.401. The van der Waals surface area contributed by atoms with Crippen molar-refractivity contribution in [3.63, 3.8) is 0 Å². The molecule has 0 atom stereocenters. The number of carbonyl (C=O) groups is 1. The topological polar surface area (TPSA) is 76.5 Å². The molecule has 0 fully saturated rings. The number of halogens is 1. The monoisotopic (exact) mass is 478 g/mol. The average Bonchev–Trinajstić information content (AvgIpc) is 3.22. The van der Waals surface area contributed by atoms with Crippen LogP contribution in [0, 0.1) is 5.82 Å². The van der Waals surface area contributed by atoms with E-state index in [4.69, 9.17) is 4.74 Å². The van der Waals surface area contributed by atoms with Gasteiger partial charge in [0.2, 0.25) is 0 Å². The second-order valence-corrected chi connectivity index (χ2v) is 9.10. The standard InChI is InChI=1S/C25H23FN4O3S/c1-2-33-18-9-7-17(8-10-18)28-25(32)29-12-11-19-21(14-29)34-23-22(19)24(31)30(15-27-23)13-16-5-3-4-6-20(16)26/h3-10,15H,2,11-14H2,1H3,(H,28,32). The Labute approximate surface area is 199 Å². The highest BCUT2D eigenvalue weighted by Crippen LogP contribution is 2.32. The van der Waals surface area contributed by atoms with Gasteiger partial charge in [0.05, 0.1) is 31.4 Å². The summed E-state index contributed by atoms with van der Waals surface area (Å²) in [6.07, 6.45) is 2.03. The number of amides is 2. The maximum Gasteiger partial charge on any atom is 0.322 e. The highest BCUT2D eigenvalue weighted by molar-refractivity contribution is 7.18. The van der Waals surface area contributed by atoms with E-state index in [0.29, 0.717) is 47.6 Å². The summed E-state index contributed by atoms with van der Waals surface area (Å²) in [5.41, 5.74) is 1.88. The number of nitrogens with zero attached hydrogens (tertiary/aromatic N) is 3. The predicted molar refractivity (Wildman–Crippen MR) is 130 cm³/mol. The fourth-order valence-corrected chi connectivity index (χ4v) is 5.31. The van der Waals surface area contributed by atoms with Crippen LogP contribution in [0.5, 0.6) is 5.75 Å². The number of anilines is 1. The summed E-state index contributed by atoms with van der Waals surface area (Å²) in [4.78, 5) is 33.8. The quantitative estimate of drug-likeness (QED) is 0.454. The fraction of sp³-hybridized carbons (Fsp3) is 0.240. The normalized spacial score (nSPS) is 13.1. The van der Waals surface area contributed by atoms with Crippen LogP contribution in [0.1, 0.15) is 22.9 Å². The minimum atomic E-state index is -0.351. The molecule has 0 aliphatic carbocycles. The first-order valence-electron chi connectivity index (χ1n) is 11.1. The van der Waals surface area contributed by atoms with Gasteiger partial charge in [-0.05, 0) is 49.2 Å². The number of urea groups is 1. The number of hydrogen-bond donors (Lipinski definition) is 1.